The quantitative estimate of drug-likeness (QED) is 0.335. The van der Waals surface area contributed by atoms with Crippen molar-refractivity contribution in [3.63, 3.8) is 0 Å². The lowest BCUT2D eigenvalue weighted by Crippen LogP contribution is -2.48. The number of anilines is 2. The van der Waals surface area contributed by atoms with Gasteiger partial charge in [0.2, 0.25) is 5.91 Å². The van der Waals surface area contributed by atoms with Crippen molar-refractivity contribution in [2.45, 2.75) is 37.3 Å². The van der Waals surface area contributed by atoms with Crippen LogP contribution in [0.2, 0.25) is 0 Å². The van der Waals surface area contributed by atoms with Crippen molar-refractivity contribution in [1.82, 2.24) is 9.80 Å². The van der Waals surface area contributed by atoms with Gasteiger partial charge >= 0.3 is 6.03 Å². The fraction of sp³-hybridized carbons (Fsp3) is 0.355. The predicted octanol–water partition coefficient (Wildman–Crippen LogP) is 3.81. The summed E-state index contributed by atoms with van der Waals surface area (Å²) in [5, 5.41) is 12.7. The molecule has 3 aromatic rings. The number of nitrogens with one attached hydrogen (secondary N) is 2. The number of fused-ring (bicyclic) bond motifs is 1. The minimum Gasteiger partial charge on any atom is -0.497 e. The first-order valence-electron chi connectivity index (χ1n) is 13.9. The maximum Gasteiger partial charge on any atom is 0.321 e. The molecule has 0 aliphatic carbocycles. The molecule has 1 aliphatic rings. The summed E-state index contributed by atoms with van der Waals surface area (Å²) in [6.45, 7) is 3.95. The number of hydrogen-bond acceptors (Lipinski definition) is 7. The van der Waals surface area contributed by atoms with Crippen LogP contribution in [0, 0.1) is 5.92 Å². The predicted molar refractivity (Wildman–Crippen MR) is 164 cm³/mol. The van der Waals surface area contributed by atoms with Gasteiger partial charge in [0.1, 0.15) is 17.6 Å². The van der Waals surface area contributed by atoms with Crippen LogP contribution in [0.15, 0.2) is 77.7 Å². The summed E-state index contributed by atoms with van der Waals surface area (Å²) >= 11 is 0. The topological polar surface area (TPSA) is 138 Å². The van der Waals surface area contributed by atoms with E-state index < -0.39 is 22.2 Å². The average Bonchev–Trinajstić information content (AvgIpc) is 3.04. The maximum absolute atomic E-state index is 13.5. The van der Waals surface area contributed by atoms with E-state index >= 15 is 0 Å². The van der Waals surface area contributed by atoms with E-state index in [1.54, 1.807) is 86.6 Å². The third-order valence-corrected chi connectivity index (χ3v) is 8.76. The van der Waals surface area contributed by atoms with Crippen molar-refractivity contribution in [2.24, 2.45) is 5.92 Å². The molecule has 0 bridgehead atoms. The zero-order valence-corrected chi connectivity index (χ0v) is 25.5. The van der Waals surface area contributed by atoms with Crippen molar-refractivity contribution >= 4 is 33.3 Å². The second-order valence-corrected chi connectivity index (χ2v) is 12.4. The number of methoxy groups -OCH3 is 1. The van der Waals surface area contributed by atoms with Crippen LogP contribution in [0.5, 0.6) is 11.5 Å². The molecule has 3 atom stereocenters. The largest absolute Gasteiger partial charge is 0.497 e. The Labute approximate surface area is 252 Å². The molecule has 3 aromatic carbocycles. The number of benzene rings is 3. The Hall–Kier alpha value is -4.29. The highest BCUT2D eigenvalue weighted by molar-refractivity contribution is 7.92. The smallest absolute Gasteiger partial charge is 0.321 e. The van der Waals surface area contributed by atoms with E-state index in [1.165, 1.54) is 17.0 Å². The summed E-state index contributed by atoms with van der Waals surface area (Å²) in [5.41, 5.74) is 1.36. The molecule has 0 saturated heterocycles. The van der Waals surface area contributed by atoms with Gasteiger partial charge in [0.15, 0.2) is 0 Å². The molecule has 3 amide bonds. The monoisotopic (exact) mass is 610 g/mol. The van der Waals surface area contributed by atoms with E-state index in [2.05, 4.69) is 10.0 Å². The highest BCUT2D eigenvalue weighted by Crippen LogP contribution is 2.30. The van der Waals surface area contributed by atoms with Crippen molar-refractivity contribution in [1.29, 1.82) is 0 Å². The molecule has 0 aromatic heterocycles. The molecule has 4 rings (SSSR count). The fourth-order valence-electron chi connectivity index (χ4n) is 4.77. The summed E-state index contributed by atoms with van der Waals surface area (Å²) in [7, 11) is -0.634. The molecule has 0 spiro atoms. The minimum absolute atomic E-state index is 0.0617. The summed E-state index contributed by atoms with van der Waals surface area (Å²) in [4.78, 5) is 29.7. The number of aliphatic hydroxyl groups is 1. The molecule has 1 heterocycles. The van der Waals surface area contributed by atoms with E-state index in [0.717, 1.165) is 0 Å². The van der Waals surface area contributed by atoms with Crippen LogP contribution in [-0.4, -0.2) is 81.3 Å². The van der Waals surface area contributed by atoms with Crippen LogP contribution in [0.4, 0.5) is 16.2 Å². The molecule has 11 nitrogen and oxygen atoms in total. The van der Waals surface area contributed by atoms with Crippen molar-refractivity contribution in [2.75, 3.05) is 43.9 Å². The second kappa shape index (κ2) is 13.8. The number of likely N-dealkylation sites (N-methyl/N-ethyl adjacent to an activating group) is 1. The second-order valence-electron chi connectivity index (χ2n) is 10.7. The van der Waals surface area contributed by atoms with Crippen LogP contribution in [-0.2, 0) is 21.2 Å². The first-order chi connectivity index (χ1) is 20.5. The molecule has 3 N–H and O–H groups in total. The maximum atomic E-state index is 13.5. The molecule has 0 radical (unpaired) electrons. The fourth-order valence-corrected chi connectivity index (χ4v) is 5.84. The summed E-state index contributed by atoms with van der Waals surface area (Å²) in [6, 6.07) is 19.0. The third kappa shape index (κ3) is 7.96. The standard InChI is InChI=1S/C31H38N4O7S/c1-21-18-35(22(2)20-36)30(37)17-23-16-25(33-43(39,40)27-8-6-5-7-9-27)12-15-28(23)42-29(21)19-34(3)31(38)32-24-10-13-26(41-4)14-11-24/h5-16,21-22,29,33,36H,17-20H2,1-4H3,(H,32,38)/t21-,22+,29+/m1/s1. The van der Waals surface area contributed by atoms with E-state index in [9.17, 15) is 23.1 Å². The molecule has 0 saturated carbocycles. The molecule has 1 aliphatic heterocycles. The van der Waals surface area contributed by atoms with Gasteiger partial charge < -0.3 is 29.7 Å². The number of ether oxygens (including phenoxy) is 2. The van der Waals surface area contributed by atoms with E-state index in [-0.39, 0.29) is 48.0 Å². The highest BCUT2D eigenvalue weighted by atomic mass is 32.2. The Morgan fingerprint density at radius 3 is 2.44 bits per heavy atom. The Balaban J connectivity index is 1.59. The Bertz CT molecular complexity index is 1520. The van der Waals surface area contributed by atoms with E-state index in [4.69, 9.17) is 9.47 Å². The minimum atomic E-state index is -3.86. The Morgan fingerprint density at radius 2 is 1.79 bits per heavy atom. The van der Waals surface area contributed by atoms with Gasteiger partial charge in [-0.05, 0) is 61.5 Å². The Kier molecular flexibility index (Phi) is 10.1. The van der Waals surface area contributed by atoms with E-state index in [0.29, 0.717) is 29.3 Å². The summed E-state index contributed by atoms with van der Waals surface area (Å²) < 4.78 is 40.1. The molecule has 12 heteroatoms. The van der Waals surface area contributed by atoms with Crippen LogP contribution < -0.4 is 19.5 Å². The number of amides is 3. The summed E-state index contributed by atoms with van der Waals surface area (Å²) in [6.07, 6.45) is -0.593. The zero-order valence-electron chi connectivity index (χ0n) is 24.7. The van der Waals surface area contributed by atoms with Crippen LogP contribution >= 0.6 is 0 Å². The molecule has 230 valence electrons. The van der Waals surface area contributed by atoms with Gasteiger partial charge in [0.25, 0.3) is 10.0 Å². The van der Waals surface area contributed by atoms with Gasteiger partial charge in [0, 0.05) is 36.4 Å². The number of hydrogen-bond donors (Lipinski definition) is 3. The highest BCUT2D eigenvalue weighted by Gasteiger charge is 2.32. The van der Waals surface area contributed by atoms with Gasteiger partial charge in [-0.25, -0.2) is 13.2 Å². The third-order valence-electron chi connectivity index (χ3n) is 7.36. The van der Waals surface area contributed by atoms with Crippen LogP contribution in [0.1, 0.15) is 19.4 Å². The average molecular weight is 611 g/mol. The lowest BCUT2D eigenvalue weighted by atomic mass is 10.0. The molecular formula is C31H38N4O7S. The Morgan fingerprint density at radius 1 is 1.12 bits per heavy atom. The number of rotatable bonds is 9. The molecular weight excluding hydrogens is 572 g/mol. The SMILES string of the molecule is COc1ccc(NC(=O)N(C)C[C@@H]2Oc3ccc(NS(=O)(=O)c4ccccc4)cc3CC(=O)N([C@@H](C)CO)C[C@H]2C)cc1. The van der Waals surface area contributed by atoms with Gasteiger partial charge in [-0.15, -0.1) is 0 Å². The van der Waals surface area contributed by atoms with Gasteiger partial charge in [-0.2, -0.15) is 0 Å². The number of carbonyl (C=O) groups excluding carboxylic acids is 2. The van der Waals surface area contributed by atoms with Gasteiger partial charge in [0.05, 0.1) is 37.6 Å². The van der Waals surface area contributed by atoms with Crippen molar-refractivity contribution in [3.05, 3.63) is 78.4 Å². The van der Waals surface area contributed by atoms with Gasteiger partial charge in [-0.3, -0.25) is 9.52 Å². The zero-order chi connectivity index (χ0) is 31.1. The summed E-state index contributed by atoms with van der Waals surface area (Å²) in [5.74, 6) is 0.629. The molecule has 0 fully saturated rings. The lowest BCUT2D eigenvalue weighted by molar-refractivity contribution is -0.134. The molecule has 43 heavy (non-hydrogen) atoms. The van der Waals surface area contributed by atoms with Crippen molar-refractivity contribution < 1.29 is 32.6 Å². The first kappa shape index (κ1) is 31.6. The van der Waals surface area contributed by atoms with Gasteiger partial charge in [-0.1, -0.05) is 25.1 Å². The van der Waals surface area contributed by atoms with E-state index in [1.807, 2.05) is 6.92 Å². The van der Waals surface area contributed by atoms with Crippen LogP contribution in [0.3, 0.4) is 0 Å². The van der Waals surface area contributed by atoms with Crippen LogP contribution in [0.25, 0.3) is 0 Å². The van der Waals surface area contributed by atoms with Crippen molar-refractivity contribution in [3.8, 4) is 11.5 Å². The number of nitrogens with zero attached hydrogens (tertiary/aromatic N) is 2. The number of urea groups is 1. The molecule has 0 unspecified atom stereocenters. The normalized spacial score (nSPS) is 17.8. The lowest BCUT2D eigenvalue weighted by Gasteiger charge is -2.34. The number of sulfonamides is 1. The number of carbonyl (C=O) groups is 2. The first-order valence-corrected chi connectivity index (χ1v) is 15.4. The number of aliphatic hydroxyl groups excluding tert-OH is 1.